The maximum absolute atomic E-state index is 5.44. The van der Waals surface area contributed by atoms with Gasteiger partial charge in [-0.15, -0.1) is 0 Å². The standard InChI is InChI=1S/C22H23N3O/c1-3-18(15-20(4-1)19-7-9-23-10-8-19)17-24-21-5-2-6-22(16-21)25-11-13-26-14-12-25/h1-10,15-16,24H,11-14,17H2. The number of benzene rings is 2. The van der Waals surface area contributed by atoms with Gasteiger partial charge in [0.15, 0.2) is 0 Å². The van der Waals surface area contributed by atoms with Crippen LogP contribution in [0.4, 0.5) is 11.4 Å². The predicted molar refractivity (Wildman–Crippen MR) is 106 cm³/mol. The molecular formula is C22H23N3O. The van der Waals surface area contributed by atoms with E-state index in [0.717, 1.165) is 38.5 Å². The number of rotatable bonds is 5. The molecule has 2 heterocycles. The minimum atomic E-state index is 0.797. The van der Waals surface area contributed by atoms with Crippen LogP contribution in [0.25, 0.3) is 11.1 Å². The Morgan fingerprint density at radius 3 is 2.54 bits per heavy atom. The molecule has 0 amide bonds. The molecule has 1 N–H and O–H groups in total. The molecule has 0 aliphatic carbocycles. The van der Waals surface area contributed by atoms with Crippen molar-refractivity contribution in [3.05, 3.63) is 78.6 Å². The second kappa shape index (κ2) is 8.02. The van der Waals surface area contributed by atoms with Crippen LogP contribution >= 0.6 is 0 Å². The molecule has 4 nitrogen and oxygen atoms in total. The molecule has 132 valence electrons. The van der Waals surface area contributed by atoms with Crippen molar-refractivity contribution in [2.75, 3.05) is 36.5 Å². The van der Waals surface area contributed by atoms with Gasteiger partial charge in [-0.25, -0.2) is 0 Å². The van der Waals surface area contributed by atoms with E-state index in [1.807, 2.05) is 24.5 Å². The largest absolute Gasteiger partial charge is 0.381 e. The molecular weight excluding hydrogens is 322 g/mol. The molecule has 0 saturated carbocycles. The van der Waals surface area contributed by atoms with Crippen molar-refractivity contribution < 1.29 is 4.74 Å². The lowest BCUT2D eigenvalue weighted by Crippen LogP contribution is -2.36. The van der Waals surface area contributed by atoms with Crippen LogP contribution < -0.4 is 10.2 Å². The van der Waals surface area contributed by atoms with Gasteiger partial charge in [-0.2, -0.15) is 0 Å². The summed E-state index contributed by atoms with van der Waals surface area (Å²) in [5, 5.41) is 3.55. The van der Waals surface area contributed by atoms with Gasteiger partial charge in [-0.05, 0) is 53.1 Å². The van der Waals surface area contributed by atoms with Gasteiger partial charge in [0.25, 0.3) is 0 Å². The van der Waals surface area contributed by atoms with E-state index in [1.165, 1.54) is 22.4 Å². The van der Waals surface area contributed by atoms with Gasteiger partial charge in [-0.1, -0.05) is 24.3 Å². The van der Waals surface area contributed by atoms with Gasteiger partial charge >= 0.3 is 0 Å². The van der Waals surface area contributed by atoms with Crippen LogP contribution in [0.2, 0.25) is 0 Å². The third kappa shape index (κ3) is 4.03. The molecule has 0 spiro atoms. The van der Waals surface area contributed by atoms with Crippen molar-refractivity contribution in [2.24, 2.45) is 0 Å². The monoisotopic (exact) mass is 345 g/mol. The number of anilines is 2. The van der Waals surface area contributed by atoms with Gasteiger partial charge in [0.05, 0.1) is 13.2 Å². The zero-order chi connectivity index (χ0) is 17.6. The highest BCUT2D eigenvalue weighted by Gasteiger charge is 2.11. The number of nitrogens with one attached hydrogen (secondary N) is 1. The quantitative estimate of drug-likeness (QED) is 0.752. The number of morpholine rings is 1. The Kier molecular flexibility index (Phi) is 5.12. The highest BCUT2D eigenvalue weighted by molar-refractivity contribution is 5.64. The first kappa shape index (κ1) is 16.6. The number of hydrogen-bond acceptors (Lipinski definition) is 4. The zero-order valence-electron chi connectivity index (χ0n) is 14.8. The smallest absolute Gasteiger partial charge is 0.0642 e. The number of nitrogens with zero attached hydrogens (tertiary/aromatic N) is 2. The molecule has 0 unspecified atom stereocenters. The number of pyridine rings is 1. The molecule has 4 heteroatoms. The van der Waals surface area contributed by atoms with Gasteiger partial charge in [0.1, 0.15) is 0 Å². The van der Waals surface area contributed by atoms with E-state index in [-0.39, 0.29) is 0 Å². The molecule has 0 bridgehead atoms. The van der Waals surface area contributed by atoms with Crippen LogP contribution in [-0.2, 0) is 11.3 Å². The van der Waals surface area contributed by atoms with Gasteiger partial charge in [0.2, 0.25) is 0 Å². The molecule has 0 atom stereocenters. The molecule has 0 radical (unpaired) electrons. The van der Waals surface area contributed by atoms with Crippen LogP contribution in [0.15, 0.2) is 73.1 Å². The molecule has 3 aromatic rings. The Labute approximate surface area is 154 Å². The summed E-state index contributed by atoms with van der Waals surface area (Å²) >= 11 is 0. The van der Waals surface area contributed by atoms with Gasteiger partial charge in [0, 0.05) is 43.4 Å². The van der Waals surface area contributed by atoms with Crippen LogP contribution in [0, 0.1) is 0 Å². The first-order valence-electron chi connectivity index (χ1n) is 9.04. The number of hydrogen-bond donors (Lipinski definition) is 1. The summed E-state index contributed by atoms with van der Waals surface area (Å²) in [6.07, 6.45) is 3.66. The molecule has 1 aliphatic heterocycles. The summed E-state index contributed by atoms with van der Waals surface area (Å²) in [5.41, 5.74) is 6.06. The average molecular weight is 345 g/mol. The van der Waals surface area contributed by atoms with Crippen molar-refractivity contribution in [2.45, 2.75) is 6.54 Å². The number of ether oxygens (including phenoxy) is 1. The van der Waals surface area contributed by atoms with Gasteiger partial charge in [-0.3, -0.25) is 4.98 Å². The lowest BCUT2D eigenvalue weighted by atomic mass is 10.0. The molecule has 1 saturated heterocycles. The third-order valence-corrected chi connectivity index (χ3v) is 4.66. The summed E-state index contributed by atoms with van der Waals surface area (Å²) in [5.74, 6) is 0. The Balaban J connectivity index is 1.44. The van der Waals surface area contributed by atoms with Crippen LogP contribution in [0.3, 0.4) is 0 Å². The van der Waals surface area contributed by atoms with E-state index in [9.17, 15) is 0 Å². The third-order valence-electron chi connectivity index (χ3n) is 4.66. The van der Waals surface area contributed by atoms with Gasteiger partial charge < -0.3 is 15.0 Å². The van der Waals surface area contributed by atoms with Crippen molar-refractivity contribution >= 4 is 11.4 Å². The van der Waals surface area contributed by atoms with E-state index < -0.39 is 0 Å². The summed E-state index contributed by atoms with van der Waals surface area (Å²) in [6.45, 7) is 4.32. The maximum Gasteiger partial charge on any atom is 0.0642 e. The van der Waals surface area contributed by atoms with Crippen molar-refractivity contribution in [3.8, 4) is 11.1 Å². The van der Waals surface area contributed by atoms with Crippen LogP contribution in [-0.4, -0.2) is 31.3 Å². The van der Waals surface area contributed by atoms with Crippen LogP contribution in [0.1, 0.15) is 5.56 Å². The van der Waals surface area contributed by atoms with E-state index in [2.05, 4.69) is 63.7 Å². The second-order valence-electron chi connectivity index (χ2n) is 6.44. The van der Waals surface area contributed by atoms with E-state index in [1.54, 1.807) is 0 Å². The molecule has 1 aromatic heterocycles. The Morgan fingerprint density at radius 2 is 1.69 bits per heavy atom. The normalized spacial score (nSPS) is 14.2. The van der Waals surface area contributed by atoms with E-state index in [0.29, 0.717) is 0 Å². The first-order valence-corrected chi connectivity index (χ1v) is 9.04. The van der Waals surface area contributed by atoms with E-state index >= 15 is 0 Å². The SMILES string of the molecule is c1cc(CNc2cccc(N3CCOCC3)c2)cc(-c2ccncc2)c1. The molecule has 4 rings (SSSR count). The summed E-state index contributed by atoms with van der Waals surface area (Å²) < 4.78 is 5.44. The average Bonchev–Trinajstić information content (AvgIpc) is 2.74. The summed E-state index contributed by atoms with van der Waals surface area (Å²) in [6, 6.07) is 21.3. The lowest BCUT2D eigenvalue weighted by molar-refractivity contribution is 0.122. The zero-order valence-corrected chi connectivity index (χ0v) is 14.8. The fourth-order valence-electron chi connectivity index (χ4n) is 3.24. The first-order chi connectivity index (χ1) is 12.9. The Hall–Kier alpha value is -2.85. The Morgan fingerprint density at radius 1 is 0.885 bits per heavy atom. The fraction of sp³-hybridized carbons (Fsp3) is 0.227. The minimum Gasteiger partial charge on any atom is -0.381 e. The highest BCUT2D eigenvalue weighted by Crippen LogP contribution is 2.22. The lowest BCUT2D eigenvalue weighted by Gasteiger charge is -2.29. The molecule has 26 heavy (non-hydrogen) atoms. The fourth-order valence-corrected chi connectivity index (χ4v) is 3.24. The van der Waals surface area contributed by atoms with Crippen molar-refractivity contribution in [1.82, 2.24) is 4.98 Å². The van der Waals surface area contributed by atoms with Crippen molar-refractivity contribution in [1.29, 1.82) is 0 Å². The van der Waals surface area contributed by atoms with Crippen molar-refractivity contribution in [3.63, 3.8) is 0 Å². The van der Waals surface area contributed by atoms with Crippen LogP contribution in [0.5, 0.6) is 0 Å². The second-order valence-corrected chi connectivity index (χ2v) is 6.44. The topological polar surface area (TPSA) is 37.4 Å². The summed E-state index contributed by atoms with van der Waals surface area (Å²) in [4.78, 5) is 6.47. The predicted octanol–water partition coefficient (Wildman–Crippen LogP) is 4.20. The Bertz CT molecular complexity index is 845. The molecule has 1 fully saturated rings. The highest BCUT2D eigenvalue weighted by atomic mass is 16.5. The minimum absolute atomic E-state index is 0.797. The number of aromatic nitrogens is 1. The maximum atomic E-state index is 5.44. The summed E-state index contributed by atoms with van der Waals surface area (Å²) in [7, 11) is 0. The molecule has 1 aliphatic rings. The molecule has 2 aromatic carbocycles. The van der Waals surface area contributed by atoms with E-state index in [4.69, 9.17) is 4.74 Å².